The average Bonchev–Trinajstić information content (AvgIpc) is 2.41. The molecular formula is C9H19N. The first-order valence-corrected chi connectivity index (χ1v) is 4.64. The van der Waals surface area contributed by atoms with Gasteiger partial charge in [0.2, 0.25) is 0 Å². The lowest BCUT2D eigenvalue weighted by Gasteiger charge is -2.05. The summed E-state index contributed by atoms with van der Waals surface area (Å²) in [6.45, 7) is 4.81. The third-order valence-electron chi connectivity index (χ3n) is 2.38. The Morgan fingerprint density at radius 3 is 2.90 bits per heavy atom. The summed E-state index contributed by atoms with van der Waals surface area (Å²) in [4.78, 5) is 0. The Kier molecular flexibility index (Phi) is 3.81. The van der Waals surface area contributed by atoms with Crippen molar-refractivity contribution in [2.24, 2.45) is 5.92 Å². The van der Waals surface area contributed by atoms with Crippen molar-refractivity contribution in [3.8, 4) is 0 Å². The fourth-order valence-corrected chi connectivity index (χ4v) is 1.64. The lowest BCUT2D eigenvalue weighted by Crippen LogP contribution is -2.08. The van der Waals surface area contributed by atoms with E-state index < -0.39 is 0 Å². The van der Waals surface area contributed by atoms with E-state index in [1.54, 1.807) is 0 Å². The summed E-state index contributed by atoms with van der Waals surface area (Å²) in [7, 11) is 0. The highest BCUT2D eigenvalue weighted by molar-refractivity contribution is 4.70. The van der Waals surface area contributed by atoms with Gasteiger partial charge in [-0.05, 0) is 31.8 Å². The van der Waals surface area contributed by atoms with Crippen LogP contribution >= 0.6 is 0 Å². The zero-order valence-corrected chi connectivity index (χ0v) is 7.03. The Hall–Kier alpha value is -0.0400. The van der Waals surface area contributed by atoms with E-state index in [-0.39, 0.29) is 0 Å². The van der Waals surface area contributed by atoms with E-state index in [4.69, 9.17) is 0 Å². The molecule has 0 aromatic heterocycles. The summed E-state index contributed by atoms with van der Waals surface area (Å²) in [5.74, 6) is 1.01. The van der Waals surface area contributed by atoms with Gasteiger partial charge in [0.15, 0.2) is 0 Å². The quantitative estimate of drug-likeness (QED) is 0.592. The normalized spacial score (nSPS) is 25.5. The van der Waals surface area contributed by atoms with Crippen LogP contribution in [0.3, 0.4) is 0 Å². The molecule has 0 radical (unpaired) electrons. The van der Waals surface area contributed by atoms with Crippen LogP contribution < -0.4 is 5.32 Å². The maximum atomic E-state index is 3.40. The highest BCUT2D eigenvalue weighted by Gasteiger charge is 2.12. The molecule has 10 heavy (non-hydrogen) atoms. The first kappa shape index (κ1) is 8.06. The second kappa shape index (κ2) is 4.73. The Morgan fingerprint density at radius 1 is 1.40 bits per heavy atom. The van der Waals surface area contributed by atoms with E-state index >= 15 is 0 Å². The molecule has 60 valence electrons. The highest BCUT2D eigenvalue weighted by Crippen LogP contribution is 2.15. The molecule has 1 saturated heterocycles. The highest BCUT2D eigenvalue weighted by atomic mass is 14.9. The topological polar surface area (TPSA) is 12.0 Å². The predicted molar refractivity (Wildman–Crippen MR) is 45.1 cm³/mol. The molecule has 0 spiro atoms. The van der Waals surface area contributed by atoms with Gasteiger partial charge in [0.05, 0.1) is 0 Å². The van der Waals surface area contributed by atoms with Crippen LogP contribution in [0.5, 0.6) is 0 Å². The first-order valence-electron chi connectivity index (χ1n) is 4.64. The van der Waals surface area contributed by atoms with Crippen LogP contribution in [0, 0.1) is 5.92 Å². The monoisotopic (exact) mass is 141 g/mol. The maximum absolute atomic E-state index is 3.40. The average molecular weight is 141 g/mol. The van der Waals surface area contributed by atoms with Gasteiger partial charge < -0.3 is 5.32 Å². The SMILES string of the molecule is CCCCC[C@H]1CCNC1. The smallest absolute Gasteiger partial charge is 0.00200 e. The van der Waals surface area contributed by atoms with E-state index in [2.05, 4.69) is 12.2 Å². The van der Waals surface area contributed by atoms with Gasteiger partial charge in [0.25, 0.3) is 0 Å². The van der Waals surface area contributed by atoms with Crippen LogP contribution in [0.1, 0.15) is 39.0 Å². The fourth-order valence-electron chi connectivity index (χ4n) is 1.64. The van der Waals surface area contributed by atoms with Crippen LogP contribution in [0.15, 0.2) is 0 Å². The van der Waals surface area contributed by atoms with Crippen LogP contribution in [0.25, 0.3) is 0 Å². The lowest BCUT2D eigenvalue weighted by molar-refractivity contribution is 0.495. The molecule has 0 aliphatic carbocycles. The fraction of sp³-hybridized carbons (Fsp3) is 1.00. The van der Waals surface area contributed by atoms with Crippen molar-refractivity contribution in [1.29, 1.82) is 0 Å². The molecule has 0 aromatic rings. The Morgan fingerprint density at radius 2 is 2.30 bits per heavy atom. The van der Waals surface area contributed by atoms with Gasteiger partial charge in [-0.2, -0.15) is 0 Å². The van der Waals surface area contributed by atoms with E-state index in [1.807, 2.05) is 0 Å². The summed E-state index contributed by atoms with van der Waals surface area (Å²) in [5, 5.41) is 3.40. The van der Waals surface area contributed by atoms with Gasteiger partial charge in [-0.25, -0.2) is 0 Å². The molecular weight excluding hydrogens is 122 g/mol. The number of nitrogens with one attached hydrogen (secondary N) is 1. The summed E-state index contributed by atoms with van der Waals surface area (Å²) >= 11 is 0. The molecule has 1 N–H and O–H groups in total. The molecule has 0 unspecified atom stereocenters. The predicted octanol–water partition coefficient (Wildman–Crippen LogP) is 2.18. The minimum Gasteiger partial charge on any atom is -0.316 e. The molecule has 1 fully saturated rings. The van der Waals surface area contributed by atoms with Crippen molar-refractivity contribution in [2.45, 2.75) is 39.0 Å². The standard InChI is InChI=1S/C9H19N/c1-2-3-4-5-9-6-7-10-8-9/h9-10H,2-8H2,1H3/t9-/m0/s1. The van der Waals surface area contributed by atoms with Crippen LogP contribution in [-0.4, -0.2) is 13.1 Å². The molecule has 0 bridgehead atoms. The zero-order chi connectivity index (χ0) is 7.23. The van der Waals surface area contributed by atoms with Gasteiger partial charge in [-0.15, -0.1) is 0 Å². The molecule has 1 aliphatic heterocycles. The number of hydrogen-bond donors (Lipinski definition) is 1. The van der Waals surface area contributed by atoms with E-state index in [0.717, 1.165) is 5.92 Å². The third kappa shape index (κ3) is 2.70. The third-order valence-corrected chi connectivity index (χ3v) is 2.38. The summed E-state index contributed by atoms with van der Waals surface area (Å²) < 4.78 is 0. The van der Waals surface area contributed by atoms with Crippen molar-refractivity contribution < 1.29 is 0 Å². The molecule has 1 atom stereocenters. The van der Waals surface area contributed by atoms with E-state index in [1.165, 1.54) is 45.2 Å². The van der Waals surface area contributed by atoms with Crippen LogP contribution in [0.4, 0.5) is 0 Å². The molecule has 1 heteroatoms. The second-order valence-corrected chi connectivity index (χ2v) is 3.35. The number of hydrogen-bond acceptors (Lipinski definition) is 1. The molecule has 1 rings (SSSR count). The van der Waals surface area contributed by atoms with Crippen molar-refractivity contribution in [2.75, 3.05) is 13.1 Å². The summed E-state index contributed by atoms with van der Waals surface area (Å²) in [6, 6.07) is 0. The molecule has 0 amide bonds. The molecule has 1 heterocycles. The molecule has 1 aliphatic rings. The lowest BCUT2D eigenvalue weighted by atomic mass is 10.0. The Bertz CT molecular complexity index is 74.8. The number of unbranched alkanes of at least 4 members (excludes halogenated alkanes) is 2. The van der Waals surface area contributed by atoms with Crippen molar-refractivity contribution >= 4 is 0 Å². The van der Waals surface area contributed by atoms with Gasteiger partial charge >= 0.3 is 0 Å². The summed E-state index contributed by atoms with van der Waals surface area (Å²) in [6.07, 6.45) is 7.12. The Labute approximate surface area is 64.2 Å². The summed E-state index contributed by atoms with van der Waals surface area (Å²) in [5.41, 5.74) is 0. The van der Waals surface area contributed by atoms with Gasteiger partial charge in [0, 0.05) is 0 Å². The van der Waals surface area contributed by atoms with Gasteiger partial charge in [-0.3, -0.25) is 0 Å². The number of rotatable bonds is 4. The molecule has 0 aromatic carbocycles. The van der Waals surface area contributed by atoms with E-state index in [0.29, 0.717) is 0 Å². The minimum atomic E-state index is 1.01. The van der Waals surface area contributed by atoms with Crippen molar-refractivity contribution in [3.05, 3.63) is 0 Å². The maximum Gasteiger partial charge on any atom is -0.00200 e. The van der Waals surface area contributed by atoms with E-state index in [9.17, 15) is 0 Å². The van der Waals surface area contributed by atoms with Crippen LogP contribution in [-0.2, 0) is 0 Å². The molecule has 0 saturated carbocycles. The van der Waals surface area contributed by atoms with Crippen molar-refractivity contribution in [1.82, 2.24) is 5.32 Å². The second-order valence-electron chi connectivity index (χ2n) is 3.35. The minimum absolute atomic E-state index is 1.01. The zero-order valence-electron chi connectivity index (χ0n) is 7.03. The molecule has 1 nitrogen and oxygen atoms in total. The Balaban J connectivity index is 1.91. The van der Waals surface area contributed by atoms with Crippen molar-refractivity contribution in [3.63, 3.8) is 0 Å². The first-order chi connectivity index (χ1) is 4.93. The van der Waals surface area contributed by atoms with Gasteiger partial charge in [-0.1, -0.05) is 26.2 Å². The largest absolute Gasteiger partial charge is 0.316 e. The van der Waals surface area contributed by atoms with Gasteiger partial charge in [0.1, 0.15) is 0 Å². The van der Waals surface area contributed by atoms with Crippen LogP contribution in [0.2, 0.25) is 0 Å².